The first-order valence-electron chi connectivity index (χ1n) is 5.97. The smallest absolute Gasteiger partial charge is 0.108 e. The van der Waals surface area contributed by atoms with Gasteiger partial charge in [-0.3, -0.25) is 0 Å². The number of fused-ring (bicyclic) bond motifs is 1. The number of rotatable bonds is 3. The molecule has 2 N–H and O–H groups in total. The second kappa shape index (κ2) is 4.50. The lowest BCUT2D eigenvalue weighted by atomic mass is 10.1. The SMILES string of the molecule is Cc1[nH]c(CCCl)nc1-c1c[nH]c2ccccc12. The van der Waals surface area contributed by atoms with Crippen LogP contribution >= 0.6 is 11.6 Å². The van der Waals surface area contributed by atoms with Crippen LogP contribution in [-0.4, -0.2) is 20.8 Å². The second-order valence-corrected chi connectivity index (χ2v) is 4.72. The third-order valence-electron chi connectivity index (χ3n) is 3.11. The van der Waals surface area contributed by atoms with Gasteiger partial charge in [0.1, 0.15) is 5.82 Å². The van der Waals surface area contributed by atoms with Gasteiger partial charge < -0.3 is 9.97 Å². The Morgan fingerprint density at radius 2 is 2.11 bits per heavy atom. The highest BCUT2D eigenvalue weighted by molar-refractivity contribution is 6.17. The van der Waals surface area contributed by atoms with E-state index in [1.165, 1.54) is 5.39 Å². The van der Waals surface area contributed by atoms with Crippen molar-refractivity contribution in [3.05, 3.63) is 42.0 Å². The lowest BCUT2D eigenvalue weighted by molar-refractivity contribution is 0.988. The van der Waals surface area contributed by atoms with Gasteiger partial charge >= 0.3 is 0 Å². The number of imidazole rings is 1. The number of para-hydroxylation sites is 1. The molecule has 2 heterocycles. The Labute approximate surface area is 110 Å². The molecule has 0 aliphatic carbocycles. The summed E-state index contributed by atoms with van der Waals surface area (Å²) >= 11 is 5.75. The molecule has 0 saturated heterocycles. The Morgan fingerprint density at radius 3 is 2.94 bits per heavy atom. The molecule has 0 amide bonds. The van der Waals surface area contributed by atoms with Gasteiger partial charge in [-0.1, -0.05) is 18.2 Å². The van der Waals surface area contributed by atoms with E-state index in [2.05, 4.69) is 27.1 Å². The maximum atomic E-state index is 5.75. The minimum absolute atomic E-state index is 0.584. The summed E-state index contributed by atoms with van der Waals surface area (Å²) in [6.07, 6.45) is 2.78. The number of aromatic amines is 2. The first kappa shape index (κ1) is 11.4. The van der Waals surface area contributed by atoms with Crippen LogP contribution in [0.15, 0.2) is 30.5 Å². The van der Waals surface area contributed by atoms with Crippen molar-refractivity contribution in [1.82, 2.24) is 15.0 Å². The summed E-state index contributed by atoms with van der Waals surface area (Å²) < 4.78 is 0. The molecule has 0 atom stereocenters. The minimum atomic E-state index is 0.584. The summed E-state index contributed by atoms with van der Waals surface area (Å²) in [7, 11) is 0. The van der Waals surface area contributed by atoms with E-state index in [4.69, 9.17) is 11.6 Å². The van der Waals surface area contributed by atoms with E-state index in [1.807, 2.05) is 25.3 Å². The van der Waals surface area contributed by atoms with Crippen molar-refractivity contribution in [3.8, 4) is 11.3 Å². The predicted octanol–water partition coefficient (Wildman–Crippen LogP) is 3.65. The van der Waals surface area contributed by atoms with E-state index >= 15 is 0 Å². The van der Waals surface area contributed by atoms with Crippen molar-refractivity contribution >= 4 is 22.5 Å². The minimum Gasteiger partial charge on any atom is -0.360 e. The Balaban J connectivity index is 2.14. The summed E-state index contributed by atoms with van der Waals surface area (Å²) in [6.45, 7) is 2.04. The normalized spacial score (nSPS) is 11.2. The topological polar surface area (TPSA) is 44.5 Å². The van der Waals surface area contributed by atoms with E-state index in [0.29, 0.717) is 5.88 Å². The number of aromatic nitrogens is 3. The molecule has 0 aliphatic rings. The number of benzene rings is 1. The van der Waals surface area contributed by atoms with Gasteiger partial charge in [0.25, 0.3) is 0 Å². The molecule has 0 bridgehead atoms. The molecule has 0 radical (unpaired) electrons. The highest BCUT2D eigenvalue weighted by Gasteiger charge is 2.12. The Morgan fingerprint density at radius 1 is 1.28 bits per heavy atom. The highest BCUT2D eigenvalue weighted by Crippen LogP contribution is 2.29. The van der Waals surface area contributed by atoms with Crippen molar-refractivity contribution in [2.24, 2.45) is 0 Å². The number of H-pyrrole nitrogens is 2. The summed E-state index contributed by atoms with van der Waals surface area (Å²) in [5.41, 5.74) is 4.36. The molecule has 3 rings (SSSR count). The average molecular weight is 260 g/mol. The molecular formula is C14H14ClN3. The molecule has 18 heavy (non-hydrogen) atoms. The van der Waals surface area contributed by atoms with Crippen LogP contribution in [0.25, 0.3) is 22.2 Å². The van der Waals surface area contributed by atoms with Crippen LogP contribution in [0.4, 0.5) is 0 Å². The van der Waals surface area contributed by atoms with Crippen LogP contribution < -0.4 is 0 Å². The van der Waals surface area contributed by atoms with Crippen molar-refractivity contribution in [3.63, 3.8) is 0 Å². The molecule has 2 aromatic heterocycles. The third kappa shape index (κ3) is 1.81. The molecule has 92 valence electrons. The molecule has 4 heteroatoms. The van der Waals surface area contributed by atoms with Gasteiger partial charge in [-0.05, 0) is 13.0 Å². The zero-order chi connectivity index (χ0) is 12.5. The van der Waals surface area contributed by atoms with Crippen molar-refractivity contribution < 1.29 is 0 Å². The van der Waals surface area contributed by atoms with Crippen LogP contribution in [0.2, 0.25) is 0 Å². The number of halogens is 1. The molecule has 0 fully saturated rings. The fourth-order valence-corrected chi connectivity index (χ4v) is 2.44. The van der Waals surface area contributed by atoms with Gasteiger partial charge in [0, 0.05) is 40.7 Å². The van der Waals surface area contributed by atoms with Gasteiger partial charge in [-0.25, -0.2) is 4.98 Å². The van der Waals surface area contributed by atoms with E-state index in [-0.39, 0.29) is 0 Å². The van der Waals surface area contributed by atoms with E-state index < -0.39 is 0 Å². The summed E-state index contributed by atoms with van der Waals surface area (Å²) in [4.78, 5) is 11.2. The van der Waals surface area contributed by atoms with E-state index in [1.54, 1.807) is 0 Å². The molecule has 0 spiro atoms. The zero-order valence-electron chi connectivity index (χ0n) is 10.1. The van der Waals surface area contributed by atoms with Gasteiger partial charge in [-0.2, -0.15) is 0 Å². The summed E-state index contributed by atoms with van der Waals surface area (Å²) in [5.74, 6) is 1.53. The molecule has 0 saturated carbocycles. The number of nitrogens with zero attached hydrogens (tertiary/aromatic N) is 1. The third-order valence-corrected chi connectivity index (χ3v) is 3.30. The molecular weight excluding hydrogens is 246 g/mol. The molecule has 3 nitrogen and oxygen atoms in total. The van der Waals surface area contributed by atoms with Gasteiger partial charge in [0.2, 0.25) is 0 Å². The summed E-state index contributed by atoms with van der Waals surface area (Å²) in [6, 6.07) is 8.25. The van der Waals surface area contributed by atoms with Gasteiger partial charge in [-0.15, -0.1) is 11.6 Å². The lowest BCUT2D eigenvalue weighted by Crippen LogP contribution is -1.88. The first-order chi connectivity index (χ1) is 8.79. The fourth-order valence-electron chi connectivity index (χ4n) is 2.26. The van der Waals surface area contributed by atoms with Gasteiger partial charge in [0.05, 0.1) is 5.69 Å². The number of nitrogens with one attached hydrogen (secondary N) is 2. The maximum Gasteiger partial charge on any atom is 0.108 e. The van der Waals surface area contributed by atoms with Crippen molar-refractivity contribution in [2.45, 2.75) is 13.3 Å². The number of aryl methyl sites for hydroxylation is 2. The first-order valence-corrected chi connectivity index (χ1v) is 6.51. The summed E-state index contributed by atoms with van der Waals surface area (Å²) in [5, 5.41) is 1.20. The van der Waals surface area contributed by atoms with Crippen molar-refractivity contribution in [2.75, 3.05) is 5.88 Å². The van der Waals surface area contributed by atoms with Crippen LogP contribution in [0.5, 0.6) is 0 Å². The Kier molecular flexibility index (Phi) is 2.84. The Bertz CT molecular complexity index is 681. The quantitative estimate of drug-likeness (QED) is 0.693. The van der Waals surface area contributed by atoms with E-state index in [9.17, 15) is 0 Å². The second-order valence-electron chi connectivity index (χ2n) is 4.34. The highest BCUT2D eigenvalue weighted by atomic mass is 35.5. The lowest BCUT2D eigenvalue weighted by Gasteiger charge is -1.95. The predicted molar refractivity (Wildman–Crippen MR) is 75.0 cm³/mol. The zero-order valence-corrected chi connectivity index (χ0v) is 10.9. The van der Waals surface area contributed by atoms with Crippen LogP contribution in [0.3, 0.4) is 0 Å². The van der Waals surface area contributed by atoms with E-state index in [0.717, 1.165) is 34.7 Å². The Hall–Kier alpha value is -1.74. The molecule has 1 aromatic carbocycles. The van der Waals surface area contributed by atoms with Crippen LogP contribution in [0.1, 0.15) is 11.5 Å². The van der Waals surface area contributed by atoms with Crippen molar-refractivity contribution in [1.29, 1.82) is 0 Å². The van der Waals surface area contributed by atoms with Crippen LogP contribution in [0, 0.1) is 6.92 Å². The molecule has 3 aromatic rings. The monoisotopic (exact) mass is 259 g/mol. The van der Waals surface area contributed by atoms with Crippen LogP contribution in [-0.2, 0) is 6.42 Å². The maximum absolute atomic E-state index is 5.75. The average Bonchev–Trinajstić information content (AvgIpc) is 2.93. The standard InChI is InChI=1S/C14H14ClN3/c1-9-14(18-13(17-9)6-7-15)11-8-16-12-5-3-2-4-10(11)12/h2-5,8,16H,6-7H2,1H3,(H,17,18). The number of alkyl halides is 1. The fraction of sp³-hybridized carbons (Fsp3) is 0.214. The number of hydrogen-bond donors (Lipinski definition) is 2. The molecule has 0 aliphatic heterocycles. The number of hydrogen-bond acceptors (Lipinski definition) is 1. The van der Waals surface area contributed by atoms with Gasteiger partial charge in [0.15, 0.2) is 0 Å². The largest absolute Gasteiger partial charge is 0.360 e. The molecule has 0 unspecified atom stereocenters.